The van der Waals surface area contributed by atoms with Crippen LogP contribution in [0.25, 0.3) is 0 Å². The minimum Gasteiger partial charge on any atom is -0.260 e. The highest BCUT2D eigenvalue weighted by atomic mass is 79.9. The molecule has 0 radical (unpaired) electrons. The van der Waals surface area contributed by atoms with E-state index in [0.717, 1.165) is 18.5 Å². The summed E-state index contributed by atoms with van der Waals surface area (Å²) in [4.78, 5) is 4.72. The number of halogens is 2. The van der Waals surface area contributed by atoms with Crippen molar-refractivity contribution in [2.75, 3.05) is 0 Å². The van der Waals surface area contributed by atoms with Gasteiger partial charge in [-0.25, -0.2) is 0 Å². The molecule has 0 amide bonds. The Morgan fingerprint density at radius 1 is 1.58 bits per heavy atom. The van der Waals surface area contributed by atoms with E-state index in [1.807, 2.05) is 12.1 Å². The second-order valence-electron chi connectivity index (χ2n) is 2.68. The van der Waals surface area contributed by atoms with Gasteiger partial charge < -0.3 is 0 Å². The van der Waals surface area contributed by atoms with Crippen molar-refractivity contribution >= 4 is 27.5 Å². The molecule has 1 aromatic heterocycles. The number of hydrogen-bond acceptors (Lipinski definition) is 1. The van der Waals surface area contributed by atoms with Crippen LogP contribution in [0.2, 0.25) is 5.02 Å². The summed E-state index contributed by atoms with van der Waals surface area (Å²) in [6.07, 6.45) is 3.77. The van der Waals surface area contributed by atoms with E-state index >= 15 is 0 Å². The smallest absolute Gasteiger partial charge is 0.0589 e. The Morgan fingerprint density at radius 2 is 2.33 bits per heavy atom. The Hall–Kier alpha value is -0.0800. The van der Waals surface area contributed by atoms with Crippen molar-refractivity contribution in [2.24, 2.45) is 0 Å². The van der Waals surface area contributed by atoms with Crippen LogP contribution in [0.3, 0.4) is 0 Å². The van der Waals surface area contributed by atoms with Gasteiger partial charge in [0.15, 0.2) is 0 Å². The number of nitrogens with zero attached hydrogens (tertiary/aromatic N) is 1. The van der Waals surface area contributed by atoms with Crippen LogP contribution >= 0.6 is 27.5 Å². The molecule has 3 heteroatoms. The molecule has 0 saturated heterocycles. The topological polar surface area (TPSA) is 12.9 Å². The highest BCUT2D eigenvalue weighted by Gasteiger charge is 2.02. The predicted molar refractivity (Wildman–Crippen MR) is 56.0 cm³/mol. The first-order chi connectivity index (χ1) is 5.72. The molecule has 0 aromatic carbocycles. The molecule has 1 heterocycles. The maximum atomic E-state index is 5.71. The molecule has 1 rings (SSSR count). The number of rotatable bonds is 3. The minimum absolute atomic E-state index is 0.520. The summed E-state index contributed by atoms with van der Waals surface area (Å²) >= 11 is 9.27. The average Bonchev–Trinajstić information content (AvgIpc) is 2.09. The van der Waals surface area contributed by atoms with Crippen LogP contribution in [0.4, 0.5) is 0 Å². The normalized spacial score (nSPS) is 12.9. The minimum atomic E-state index is 0.520. The van der Waals surface area contributed by atoms with Crippen LogP contribution in [0.15, 0.2) is 18.3 Å². The highest BCUT2D eigenvalue weighted by molar-refractivity contribution is 9.09. The van der Waals surface area contributed by atoms with E-state index < -0.39 is 0 Å². The Kier molecular flexibility index (Phi) is 4.02. The molecule has 0 bridgehead atoms. The zero-order chi connectivity index (χ0) is 8.97. The Labute approximate surface area is 86.3 Å². The lowest BCUT2D eigenvalue weighted by Crippen LogP contribution is -2.01. The first-order valence-corrected chi connectivity index (χ1v) is 5.26. The van der Waals surface area contributed by atoms with E-state index in [-0.39, 0.29) is 0 Å². The van der Waals surface area contributed by atoms with Gasteiger partial charge in [0, 0.05) is 23.1 Å². The maximum Gasteiger partial charge on any atom is 0.0589 e. The summed E-state index contributed by atoms with van der Waals surface area (Å²) in [6.45, 7) is 2.15. The summed E-state index contributed by atoms with van der Waals surface area (Å²) in [7, 11) is 0. The van der Waals surface area contributed by atoms with Gasteiger partial charge >= 0.3 is 0 Å². The van der Waals surface area contributed by atoms with E-state index in [2.05, 4.69) is 27.8 Å². The fourth-order valence-corrected chi connectivity index (χ4v) is 1.34. The Bertz CT molecular complexity index is 235. The van der Waals surface area contributed by atoms with Crippen LogP contribution in [-0.4, -0.2) is 9.81 Å². The summed E-state index contributed by atoms with van der Waals surface area (Å²) in [5.74, 6) is 0. The molecular weight excluding hydrogens is 237 g/mol. The van der Waals surface area contributed by atoms with E-state index in [4.69, 9.17) is 11.6 Å². The Morgan fingerprint density at radius 3 is 2.83 bits per heavy atom. The molecule has 1 aromatic rings. The van der Waals surface area contributed by atoms with E-state index in [9.17, 15) is 0 Å². The second-order valence-corrected chi connectivity index (χ2v) is 4.41. The summed E-state index contributed by atoms with van der Waals surface area (Å²) in [6, 6.07) is 3.84. The molecule has 12 heavy (non-hydrogen) atoms. The molecule has 0 aliphatic heterocycles. The number of alkyl halides is 1. The molecular formula is C9H11BrClN. The van der Waals surface area contributed by atoms with Gasteiger partial charge in [-0.3, -0.25) is 4.98 Å². The van der Waals surface area contributed by atoms with Crippen molar-refractivity contribution < 1.29 is 0 Å². The number of aromatic nitrogens is 1. The third-order valence-corrected chi connectivity index (χ3v) is 2.86. The lowest BCUT2D eigenvalue weighted by Gasteiger charge is -2.04. The molecule has 1 unspecified atom stereocenters. The zero-order valence-corrected chi connectivity index (χ0v) is 9.27. The first kappa shape index (κ1) is 10.0. The first-order valence-electron chi connectivity index (χ1n) is 3.97. The molecule has 1 atom stereocenters. The van der Waals surface area contributed by atoms with Gasteiger partial charge in [-0.1, -0.05) is 34.5 Å². The third kappa shape index (κ3) is 3.11. The zero-order valence-electron chi connectivity index (χ0n) is 6.93. The SMILES string of the molecule is CCC(Br)Cc1ccc(Cl)cn1. The van der Waals surface area contributed by atoms with Crippen LogP contribution in [0, 0.1) is 0 Å². The number of pyridine rings is 1. The van der Waals surface area contributed by atoms with Crippen molar-refractivity contribution in [3.63, 3.8) is 0 Å². The average molecular weight is 249 g/mol. The lowest BCUT2D eigenvalue weighted by atomic mass is 10.2. The van der Waals surface area contributed by atoms with E-state index in [0.29, 0.717) is 9.85 Å². The number of hydrogen-bond donors (Lipinski definition) is 0. The van der Waals surface area contributed by atoms with Crippen LogP contribution < -0.4 is 0 Å². The van der Waals surface area contributed by atoms with Gasteiger partial charge in [-0.05, 0) is 18.6 Å². The largest absolute Gasteiger partial charge is 0.260 e. The lowest BCUT2D eigenvalue weighted by molar-refractivity contribution is 0.809. The van der Waals surface area contributed by atoms with Crippen LogP contribution in [0.1, 0.15) is 19.0 Å². The van der Waals surface area contributed by atoms with Gasteiger partial charge in [0.2, 0.25) is 0 Å². The molecule has 0 fully saturated rings. The van der Waals surface area contributed by atoms with Gasteiger partial charge in [0.1, 0.15) is 0 Å². The molecule has 0 N–H and O–H groups in total. The predicted octanol–water partition coefficient (Wildman–Crippen LogP) is 3.45. The van der Waals surface area contributed by atoms with E-state index in [1.54, 1.807) is 6.20 Å². The molecule has 0 aliphatic rings. The fourth-order valence-electron chi connectivity index (χ4n) is 0.898. The summed E-state index contributed by atoms with van der Waals surface area (Å²) in [5.41, 5.74) is 1.09. The molecule has 0 spiro atoms. The maximum absolute atomic E-state index is 5.71. The van der Waals surface area contributed by atoms with Gasteiger partial charge in [0.25, 0.3) is 0 Å². The summed E-state index contributed by atoms with van der Waals surface area (Å²) in [5, 5.41) is 0.696. The van der Waals surface area contributed by atoms with Crippen molar-refractivity contribution in [1.82, 2.24) is 4.98 Å². The highest BCUT2D eigenvalue weighted by Crippen LogP contribution is 2.13. The second kappa shape index (κ2) is 4.83. The van der Waals surface area contributed by atoms with Crippen LogP contribution in [0.5, 0.6) is 0 Å². The molecule has 66 valence electrons. The van der Waals surface area contributed by atoms with Crippen molar-refractivity contribution in [2.45, 2.75) is 24.6 Å². The van der Waals surface area contributed by atoms with Gasteiger partial charge in [-0.15, -0.1) is 0 Å². The fraction of sp³-hybridized carbons (Fsp3) is 0.444. The monoisotopic (exact) mass is 247 g/mol. The van der Waals surface area contributed by atoms with Gasteiger partial charge in [0.05, 0.1) is 5.02 Å². The quantitative estimate of drug-likeness (QED) is 0.747. The van der Waals surface area contributed by atoms with Crippen molar-refractivity contribution in [3.8, 4) is 0 Å². The molecule has 0 saturated carbocycles. The van der Waals surface area contributed by atoms with Crippen molar-refractivity contribution in [3.05, 3.63) is 29.0 Å². The summed E-state index contributed by atoms with van der Waals surface area (Å²) < 4.78 is 0. The van der Waals surface area contributed by atoms with Gasteiger partial charge in [-0.2, -0.15) is 0 Å². The van der Waals surface area contributed by atoms with Crippen LogP contribution in [-0.2, 0) is 6.42 Å². The third-order valence-electron chi connectivity index (χ3n) is 1.66. The Balaban J connectivity index is 2.58. The van der Waals surface area contributed by atoms with Crippen molar-refractivity contribution in [1.29, 1.82) is 0 Å². The molecule has 0 aliphatic carbocycles. The molecule has 1 nitrogen and oxygen atoms in total. The van der Waals surface area contributed by atoms with E-state index in [1.165, 1.54) is 0 Å². The standard InChI is InChI=1S/C9H11BrClN/c1-2-7(10)5-9-4-3-8(11)6-12-9/h3-4,6-7H,2,5H2,1H3.